The molecule has 1 aliphatic rings. The standard InChI is InChI=1S/C23H38/c1-5-7-19-9-12-22(13-10-19)23-16-14-21(15-17-23)20(6-2)11-8-18(3)4/h9-10,12-13,18,20-21,23H,5-8,11,14-17H2,1-4H3. The van der Waals surface area contributed by atoms with Crippen LogP contribution in [0.2, 0.25) is 0 Å². The van der Waals surface area contributed by atoms with Crippen molar-refractivity contribution in [2.45, 2.75) is 91.4 Å². The van der Waals surface area contributed by atoms with Crippen LogP contribution >= 0.6 is 0 Å². The quantitative estimate of drug-likeness (QED) is 0.469. The molecule has 0 spiro atoms. The average Bonchev–Trinajstić information content (AvgIpc) is 2.57. The van der Waals surface area contributed by atoms with Gasteiger partial charge in [0.25, 0.3) is 0 Å². The summed E-state index contributed by atoms with van der Waals surface area (Å²) in [6.07, 6.45) is 12.5. The first kappa shape index (κ1) is 18.6. The van der Waals surface area contributed by atoms with Gasteiger partial charge in [0.15, 0.2) is 0 Å². The highest BCUT2D eigenvalue weighted by Crippen LogP contribution is 2.41. The molecular formula is C23H38. The summed E-state index contributed by atoms with van der Waals surface area (Å²) in [5.74, 6) is 3.66. The van der Waals surface area contributed by atoms with Crippen LogP contribution < -0.4 is 0 Å². The van der Waals surface area contributed by atoms with Crippen LogP contribution in [-0.2, 0) is 6.42 Å². The van der Waals surface area contributed by atoms with Gasteiger partial charge in [0.05, 0.1) is 0 Å². The number of hydrogen-bond acceptors (Lipinski definition) is 0. The molecule has 0 aromatic heterocycles. The minimum atomic E-state index is 0.824. The number of aryl methyl sites for hydroxylation is 1. The van der Waals surface area contributed by atoms with Crippen LogP contribution in [0.4, 0.5) is 0 Å². The third kappa shape index (κ3) is 5.66. The Labute approximate surface area is 145 Å². The summed E-state index contributed by atoms with van der Waals surface area (Å²) in [5.41, 5.74) is 3.10. The lowest BCUT2D eigenvalue weighted by Gasteiger charge is -2.34. The Balaban J connectivity index is 1.84. The molecule has 1 unspecified atom stereocenters. The second-order valence-corrected chi connectivity index (χ2v) is 8.24. The zero-order chi connectivity index (χ0) is 16.7. The molecule has 23 heavy (non-hydrogen) atoms. The molecule has 0 saturated heterocycles. The highest BCUT2D eigenvalue weighted by atomic mass is 14.3. The largest absolute Gasteiger partial charge is 0.0651 e. The first-order chi connectivity index (χ1) is 11.1. The van der Waals surface area contributed by atoms with Gasteiger partial charge in [-0.2, -0.15) is 0 Å². The summed E-state index contributed by atoms with van der Waals surface area (Å²) in [6, 6.07) is 9.54. The minimum absolute atomic E-state index is 0.824. The normalized spacial score (nSPS) is 23.2. The number of rotatable bonds is 8. The lowest BCUT2D eigenvalue weighted by molar-refractivity contribution is 0.208. The number of benzene rings is 1. The Kier molecular flexibility index (Phi) is 7.66. The van der Waals surface area contributed by atoms with Gasteiger partial charge in [0.1, 0.15) is 0 Å². The monoisotopic (exact) mass is 314 g/mol. The van der Waals surface area contributed by atoms with Crippen LogP contribution in [0.1, 0.15) is 96.1 Å². The van der Waals surface area contributed by atoms with Crippen LogP contribution in [0.15, 0.2) is 24.3 Å². The molecule has 1 atom stereocenters. The predicted molar refractivity (Wildman–Crippen MR) is 103 cm³/mol. The van der Waals surface area contributed by atoms with Gasteiger partial charge >= 0.3 is 0 Å². The van der Waals surface area contributed by atoms with Crippen molar-refractivity contribution in [2.24, 2.45) is 17.8 Å². The van der Waals surface area contributed by atoms with Crippen LogP contribution in [0.25, 0.3) is 0 Å². The molecule has 1 aromatic carbocycles. The van der Waals surface area contributed by atoms with Crippen molar-refractivity contribution < 1.29 is 0 Å². The molecule has 0 amide bonds. The zero-order valence-corrected chi connectivity index (χ0v) is 16.0. The highest BCUT2D eigenvalue weighted by molar-refractivity contribution is 5.25. The molecule has 2 rings (SSSR count). The summed E-state index contributed by atoms with van der Waals surface area (Å²) in [6.45, 7) is 9.40. The molecule has 0 heterocycles. The Hall–Kier alpha value is -0.780. The van der Waals surface area contributed by atoms with Crippen molar-refractivity contribution in [3.05, 3.63) is 35.4 Å². The van der Waals surface area contributed by atoms with Crippen molar-refractivity contribution in [1.82, 2.24) is 0 Å². The van der Waals surface area contributed by atoms with Gasteiger partial charge in [-0.1, -0.05) is 71.2 Å². The second kappa shape index (κ2) is 9.50. The van der Waals surface area contributed by atoms with Crippen LogP contribution in [0.5, 0.6) is 0 Å². The average molecular weight is 315 g/mol. The summed E-state index contributed by atoms with van der Waals surface area (Å²) in [5, 5.41) is 0. The van der Waals surface area contributed by atoms with Gasteiger partial charge in [-0.3, -0.25) is 0 Å². The van der Waals surface area contributed by atoms with E-state index in [1.165, 1.54) is 63.4 Å². The Bertz CT molecular complexity index is 420. The molecule has 0 N–H and O–H groups in total. The van der Waals surface area contributed by atoms with E-state index in [9.17, 15) is 0 Å². The SMILES string of the molecule is CCCc1ccc(C2CCC(C(CC)CCC(C)C)CC2)cc1. The molecule has 1 fully saturated rings. The van der Waals surface area contributed by atoms with Crippen LogP contribution in [0, 0.1) is 17.8 Å². The lowest BCUT2D eigenvalue weighted by atomic mass is 9.71. The molecule has 0 nitrogen and oxygen atoms in total. The third-order valence-electron chi connectivity index (χ3n) is 6.07. The fourth-order valence-electron chi connectivity index (χ4n) is 4.49. The summed E-state index contributed by atoms with van der Waals surface area (Å²) in [4.78, 5) is 0. The molecule has 130 valence electrons. The van der Waals surface area contributed by atoms with Crippen molar-refractivity contribution in [3.8, 4) is 0 Å². The van der Waals surface area contributed by atoms with Gasteiger partial charge in [-0.15, -0.1) is 0 Å². The second-order valence-electron chi connectivity index (χ2n) is 8.24. The maximum atomic E-state index is 2.41. The Morgan fingerprint density at radius 2 is 1.57 bits per heavy atom. The first-order valence-corrected chi connectivity index (χ1v) is 10.2. The molecule has 0 bridgehead atoms. The molecule has 1 saturated carbocycles. The molecule has 0 heteroatoms. The van der Waals surface area contributed by atoms with Gasteiger partial charge in [-0.25, -0.2) is 0 Å². The lowest BCUT2D eigenvalue weighted by Crippen LogP contribution is -2.21. The third-order valence-corrected chi connectivity index (χ3v) is 6.07. The summed E-state index contributed by atoms with van der Waals surface area (Å²) >= 11 is 0. The van der Waals surface area contributed by atoms with E-state index in [0.29, 0.717) is 0 Å². The fourth-order valence-corrected chi connectivity index (χ4v) is 4.49. The molecule has 1 aromatic rings. The number of hydrogen-bond donors (Lipinski definition) is 0. The van der Waals surface area contributed by atoms with E-state index in [-0.39, 0.29) is 0 Å². The maximum absolute atomic E-state index is 2.41. The van der Waals surface area contributed by atoms with Crippen LogP contribution in [0.3, 0.4) is 0 Å². The fraction of sp³-hybridized carbons (Fsp3) is 0.739. The highest BCUT2D eigenvalue weighted by Gasteiger charge is 2.27. The first-order valence-electron chi connectivity index (χ1n) is 10.2. The van der Waals surface area contributed by atoms with E-state index in [4.69, 9.17) is 0 Å². The van der Waals surface area contributed by atoms with E-state index < -0.39 is 0 Å². The van der Waals surface area contributed by atoms with Gasteiger partial charge in [0, 0.05) is 0 Å². The van der Waals surface area contributed by atoms with Crippen molar-refractivity contribution in [2.75, 3.05) is 0 Å². The van der Waals surface area contributed by atoms with E-state index in [2.05, 4.69) is 52.0 Å². The van der Waals surface area contributed by atoms with Crippen molar-refractivity contribution in [3.63, 3.8) is 0 Å². The van der Waals surface area contributed by atoms with Gasteiger partial charge < -0.3 is 0 Å². The Morgan fingerprint density at radius 3 is 2.09 bits per heavy atom. The van der Waals surface area contributed by atoms with Crippen LogP contribution in [-0.4, -0.2) is 0 Å². The van der Waals surface area contributed by atoms with E-state index in [0.717, 1.165) is 23.7 Å². The molecule has 0 aliphatic heterocycles. The van der Waals surface area contributed by atoms with E-state index >= 15 is 0 Å². The van der Waals surface area contributed by atoms with Gasteiger partial charge in [-0.05, 0) is 73.3 Å². The predicted octanol–water partition coefficient (Wildman–Crippen LogP) is 7.38. The summed E-state index contributed by atoms with van der Waals surface area (Å²) in [7, 11) is 0. The molecule has 1 aliphatic carbocycles. The zero-order valence-electron chi connectivity index (χ0n) is 16.0. The summed E-state index contributed by atoms with van der Waals surface area (Å²) < 4.78 is 0. The topological polar surface area (TPSA) is 0 Å². The van der Waals surface area contributed by atoms with E-state index in [1.807, 2.05) is 0 Å². The smallest absolute Gasteiger partial charge is 0.0162 e. The maximum Gasteiger partial charge on any atom is -0.0162 e. The van der Waals surface area contributed by atoms with Crippen molar-refractivity contribution in [1.29, 1.82) is 0 Å². The molecular weight excluding hydrogens is 276 g/mol. The molecule has 0 radical (unpaired) electrons. The van der Waals surface area contributed by atoms with Crippen molar-refractivity contribution >= 4 is 0 Å². The van der Waals surface area contributed by atoms with E-state index in [1.54, 1.807) is 5.56 Å². The Morgan fingerprint density at radius 1 is 0.913 bits per heavy atom. The minimum Gasteiger partial charge on any atom is -0.0651 e. The van der Waals surface area contributed by atoms with Gasteiger partial charge in [0.2, 0.25) is 0 Å².